The van der Waals surface area contributed by atoms with E-state index in [1.54, 1.807) is 52.7 Å². The number of nitrogens with zero attached hydrogens (tertiary/aromatic N) is 4. The molecule has 0 atom stereocenters. The van der Waals surface area contributed by atoms with Gasteiger partial charge in [-0.2, -0.15) is 21.4 Å². The third-order valence-corrected chi connectivity index (χ3v) is 4.80. The molecule has 0 bridgehead atoms. The summed E-state index contributed by atoms with van der Waals surface area (Å²) in [5.41, 5.74) is 2.11. The number of carbonyl (C=O) groups is 1. The number of benzene rings is 1. The quantitative estimate of drug-likeness (QED) is 0.525. The minimum Gasteiger partial charge on any atom is -0.339 e. The van der Waals surface area contributed by atoms with Crippen LogP contribution >= 0.6 is 22.9 Å². The Kier molecular flexibility index (Phi) is 4.99. The maximum atomic E-state index is 12.4. The van der Waals surface area contributed by atoms with Gasteiger partial charge in [0.25, 0.3) is 0 Å². The van der Waals surface area contributed by atoms with Crippen LogP contribution in [0.3, 0.4) is 0 Å². The first-order chi connectivity index (χ1) is 13.2. The zero-order valence-electron chi connectivity index (χ0n) is 14.0. The predicted molar refractivity (Wildman–Crippen MR) is 103 cm³/mol. The lowest BCUT2D eigenvalue weighted by Gasteiger charge is -2.12. The molecule has 136 valence electrons. The maximum Gasteiger partial charge on any atom is 0.227 e. The van der Waals surface area contributed by atoms with Crippen molar-refractivity contribution in [2.24, 2.45) is 0 Å². The molecule has 1 aromatic carbocycles. The molecule has 4 rings (SSSR count). The van der Waals surface area contributed by atoms with Crippen molar-refractivity contribution < 1.29 is 9.32 Å². The van der Waals surface area contributed by atoms with Crippen LogP contribution < -0.4 is 5.32 Å². The Morgan fingerprint density at radius 3 is 3.00 bits per heavy atom. The second-order valence-corrected chi connectivity index (χ2v) is 6.85. The van der Waals surface area contributed by atoms with Gasteiger partial charge in [-0.1, -0.05) is 22.8 Å². The van der Waals surface area contributed by atoms with E-state index < -0.39 is 0 Å². The van der Waals surface area contributed by atoms with Gasteiger partial charge in [0.15, 0.2) is 0 Å². The number of para-hydroxylation sites is 1. The smallest absolute Gasteiger partial charge is 0.227 e. The Labute approximate surface area is 163 Å². The van der Waals surface area contributed by atoms with E-state index in [1.165, 1.54) is 0 Å². The van der Waals surface area contributed by atoms with Gasteiger partial charge in [-0.15, -0.1) is 0 Å². The Bertz CT molecular complexity index is 1040. The molecule has 0 fully saturated rings. The molecule has 4 aromatic rings. The molecule has 0 saturated carbocycles. The fourth-order valence-electron chi connectivity index (χ4n) is 2.55. The first-order valence-corrected chi connectivity index (χ1v) is 9.46. The van der Waals surface area contributed by atoms with Crippen LogP contribution in [0.15, 0.2) is 58.0 Å². The van der Waals surface area contributed by atoms with Crippen molar-refractivity contribution in [1.82, 2.24) is 19.9 Å². The largest absolute Gasteiger partial charge is 0.339 e. The van der Waals surface area contributed by atoms with Gasteiger partial charge in [0.2, 0.25) is 17.6 Å². The Morgan fingerprint density at radius 2 is 2.22 bits per heavy atom. The van der Waals surface area contributed by atoms with Crippen molar-refractivity contribution >= 4 is 34.5 Å². The molecule has 0 spiro atoms. The molecule has 1 amide bonds. The summed E-state index contributed by atoms with van der Waals surface area (Å²) in [6.45, 7) is 0. The fourth-order valence-corrected chi connectivity index (χ4v) is 3.44. The minimum absolute atomic E-state index is 0.180. The molecule has 0 radical (unpaired) electrons. The van der Waals surface area contributed by atoms with Crippen LogP contribution in [0, 0.1) is 0 Å². The molecule has 0 aliphatic heterocycles. The predicted octanol–water partition coefficient (Wildman–Crippen LogP) is 4.21. The molecule has 1 N–H and O–H groups in total. The third kappa shape index (κ3) is 3.91. The van der Waals surface area contributed by atoms with Crippen molar-refractivity contribution in [3.05, 3.63) is 64.4 Å². The Hall–Kier alpha value is -2.97. The summed E-state index contributed by atoms with van der Waals surface area (Å²) >= 11 is 7.85. The average Bonchev–Trinajstić information content (AvgIpc) is 3.41. The van der Waals surface area contributed by atoms with E-state index in [1.807, 2.05) is 16.8 Å². The fraction of sp³-hybridized carbons (Fsp3) is 0.111. The van der Waals surface area contributed by atoms with Crippen LogP contribution in [0.4, 0.5) is 5.69 Å². The number of rotatable bonds is 6. The van der Waals surface area contributed by atoms with Gasteiger partial charge < -0.3 is 9.84 Å². The number of thiophene rings is 1. The first-order valence-electron chi connectivity index (χ1n) is 8.14. The third-order valence-electron chi connectivity index (χ3n) is 3.81. The highest BCUT2D eigenvalue weighted by atomic mass is 35.5. The highest BCUT2D eigenvalue weighted by molar-refractivity contribution is 7.08. The average molecular weight is 400 g/mol. The maximum absolute atomic E-state index is 12.4. The van der Waals surface area contributed by atoms with Gasteiger partial charge in [-0.05, 0) is 29.6 Å². The highest BCUT2D eigenvalue weighted by Crippen LogP contribution is 2.28. The summed E-state index contributed by atoms with van der Waals surface area (Å²) < 4.78 is 6.83. The molecule has 9 heteroatoms. The number of anilines is 1. The van der Waals surface area contributed by atoms with Crippen molar-refractivity contribution in [3.63, 3.8) is 0 Å². The summed E-state index contributed by atoms with van der Waals surface area (Å²) in [6.07, 6.45) is 3.97. The van der Waals surface area contributed by atoms with Crippen molar-refractivity contribution in [1.29, 1.82) is 0 Å². The number of aryl methyl sites for hydroxylation is 1. The molecule has 3 heterocycles. The molecule has 0 aliphatic carbocycles. The van der Waals surface area contributed by atoms with Crippen LogP contribution in [0.5, 0.6) is 0 Å². The van der Waals surface area contributed by atoms with Crippen molar-refractivity contribution in [3.8, 4) is 17.1 Å². The Balaban J connectivity index is 1.43. The number of aromatic nitrogens is 4. The van der Waals surface area contributed by atoms with E-state index in [0.29, 0.717) is 34.5 Å². The zero-order valence-corrected chi connectivity index (χ0v) is 15.6. The topological polar surface area (TPSA) is 85.8 Å². The summed E-state index contributed by atoms with van der Waals surface area (Å²) in [5, 5.41) is 15.4. The van der Waals surface area contributed by atoms with E-state index in [2.05, 4.69) is 20.6 Å². The number of halogens is 1. The van der Waals surface area contributed by atoms with E-state index in [4.69, 9.17) is 16.1 Å². The standard InChI is InChI=1S/C18H14ClN5O2S/c19-13-3-1-4-14(17(13)24-9-2-8-20-24)21-15(25)5-6-16-22-18(23-26-16)12-7-10-27-11-12/h1-4,7-11H,5-6H2,(H,21,25). The van der Waals surface area contributed by atoms with Crippen molar-refractivity contribution in [2.45, 2.75) is 12.8 Å². The molecule has 27 heavy (non-hydrogen) atoms. The summed E-state index contributed by atoms with van der Waals surface area (Å²) in [6, 6.07) is 9.01. The molecule has 0 aliphatic rings. The second-order valence-electron chi connectivity index (χ2n) is 5.66. The van der Waals surface area contributed by atoms with Crippen molar-refractivity contribution in [2.75, 3.05) is 5.32 Å². The van der Waals surface area contributed by atoms with E-state index >= 15 is 0 Å². The van der Waals surface area contributed by atoms with Crippen LogP contribution in [0.25, 0.3) is 17.1 Å². The van der Waals surface area contributed by atoms with E-state index in [9.17, 15) is 4.79 Å². The number of hydrogen-bond donors (Lipinski definition) is 1. The number of amides is 1. The van der Waals surface area contributed by atoms with Gasteiger partial charge in [-0.3, -0.25) is 4.79 Å². The lowest BCUT2D eigenvalue weighted by atomic mass is 10.2. The van der Waals surface area contributed by atoms with Gasteiger partial charge in [0.05, 0.1) is 10.7 Å². The summed E-state index contributed by atoms with van der Waals surface area (Å²) in [5.74, 6) is 0.771. The molecular weight excluding hydrogens is 386 g/mol. The van der Waals surface area contributed by atoms with E-state index in [0.717, 1.165) is 5.56 Å². The summed E-state index contributed by atoms with van der Waals surface area (Å²) in [7, 11) is 0. The van der Waals surface area contributed by atoms with Gasteiger partial charge in [0, 0.05) is 36.2 Å². The summed E-state index contributed by atoms with van der Waals surface area (Å²) in [4.78, 5) is 16.7. The molecular formula is C18H14ClN5O2S. The van der Waals surface area contributed by atoms with E-state index in [-0.39, 0.29) is 12.3 Å². The van der Waals surface area contributed by atoms with Gasteiger partial charge in [-0.25, -0.2) is 4.68 Å². The second kappa shape index (κ2) is 7.73. The molecule has 0 unspecified atom stereocenters. The van der Waals surface area contributed by atoms with Crippen LogP contribution in [-0.2, 0) is 11.2 Å². The monoisotopic (exact) mass is 399 g/mol. The minimum atomic E-state index is -0.180. The molecule has 3 aromatic heterocycles. The number of carbonyl (C=O) groups excluding carboxylic acids is 1. The number of nitrogens with one attached hydrogen (secondary N) is 1. The normalized spacial score (nSPS) is 10.9. The highest BCUT2D eigenvalue weighted by Gasteiger charge is 2.14. The first kappa shape index (κ1) is 17.4. The Morgan fingerprint density at radius 1 is 1.30 bits per heavy atom. The van der Waals surface area contributed by atoms with Crippen LogP contribution in [0.1, 0.15) is 12.3 Å². The SMILES string of the molecule is O=C(CCc1nc(-c2ccsc2)no1)Nc1cccc(Cl)c1-n1cccn1. The lowest BCUT2D eigenvalue weighted by molar-refractivity contribution is -0.116. The lowest BCUT2D eigenvalue weighted by Crippen LogP contribution is -2.14. The van der Waals surface area contributed by atoms with Crippen LogP contribution in [-0.4, -0.2) is 25.8 Å². The number of hydrogen-bond acceptors (Lipinski definition) is 6. The molecule has 0 saturated heterocycles. The van der Waals surface area contributed by atoms with Gasteiger partial charge in [0.1, 0.15) is 5.69 Å². The van der Waals surface area contributed by atoms with Gasteiger partial charge >= 0.3 is 0 Å². The molecule has 7 nitrogen and oxygen atoms in total. The zero-order chi connectivity index (χ0) is 18.6. The van der Waals surface area contributed by atoms with Crippen LogP contribution in [0.2, 0.25) is 5.02 Å².